The summed E-state index contributed by atoms with van der Waals surface area (Å²) in [5, 5.41) is 13.9. The molecule has 9 heteroatoms. The molecule has 3 aromatic rings. The van der Waals surface area contributed by atoms with Crippen molar-refractivity contribution in [2.24, 2.45) is 0 Å². The lowest BCUT2D eigenvalue weighted by molar-refractivity contribution is 0.0640. The Hall–Kier alpha value is -3.75. The van der Waals surface area contributed by atoms with Gasteiger partial charge in [-0.1, -0.05) is 42.5 Å². The quantitative estimate of drug-likeness (QED) is 0.680. The predicted molar refractivity (Wildman–Crippen MR) is 116 cm³/mol. The van der Waals surface area contributed by atoms with Gasteiger partial charge in [0.05, 0.1) is 6.04 Å². The summed E-state index contributed by atoms with van der Waals surface area (Å²) in [7, 11) is 0. The average molecular weight is 432 g/mol. The van der Waals surface area contributed by atoms with E-state index in [1.54, 1.807) is 12.1 Å². The second kappa shape index (κ2) is 8.41. The van der Waals surface area contributed by atoms with Crippen molar-refractivity contribution in [3.63, 3.8) is 0 Å². The number of hydrogen-bond donors (Lipinski definition) is 1. The number of aromatic amines is 1. The summed E-state index contributed by atoms with van der Waals surface area (Å²) in [6.45, 7) is 3.23. The molecule has 164 valence electrons. The lowest BCUT2D eigenvalue weighted by atomic mass is 9.98. The number of tetrazole rings is 1. The number of piperidine rings is 1. The number of benzene rings is 2. The van der Waals surface area contributed by atoms with E-state index in [0.717, 1.165) is 24.0 Å². The lowest BCUT2D eigenvalue weighted by Gasteiger charge is -2.37. The summed E-state index contributed by atoms with van der Waals surface area (Å²) in [6.07, 6.45) is 0.927. The standard InChI is InChI=1S/C23H24N6O3/c1-15-20(16-5-3-2-4-6-16)32-23(31)29(15)19-11-13-28(14-12-19)22(30)18-9-7-17(8-10-18)21-24-26-27-25-21/h2-10,15,19-20H,11-14H2,1H3,(H,24,25,26,27)/t15-,20-/m1/s1. The number of aromatic nitrogens is 4. The maximum atomic E-state index is 13.0. The van der Waals surface area contributed by atoms with Crippen molar-refractivity contribution in [3.8, 4) is 11.4 Å². The first-order chi connectivity index (χ1) is 15.6. The van der Waals surface area contributed by atoms with E-state index < -0.39 is 0 Å². The first-order valence-electron chi connectivity index (χ1n) is 10.8. The van der Waals surface area contributed by atoms with Crippen LogP contribution in [-0.4, -0.2) is 67.6 Å². The molecule has 2 fully saturated rings. The van der Waals surface area contributed by atoms with Gasteiger partial charge in [0, 0.05) is 30.3 Å². The highest BCUT2D eigenvalue weighted by atomic mass is 16.6. The molecule has 1 N–H and O–H groups in total. The molecule has 2 aliphatic heterocycles. The monoisotopic (exact) mass is 432 g/mol. The smallest absolute Gasteiger partial charge is 0.411 e. The molecule has 2 saturated heterocycles. The highest BCUT2D eigenvalue weighted by Gasteiger charge is 2.44. The molecule has 0 unspecified atom stereocenters. The van der Waals surface area contributed by atoms with Crippen molar-refractivity contribution in [3.05, 3.63) is 65.7 Å². The largest absolute Gasteiger partial charge is 0.439 e. The van der Waals surface area contributed by atoms with Crippen LogP contribution in [0.5, 0.6) is 0 Å². The zero-order valence-electron chi connectivity index (χ0n) is 17.7. The van der Waals surface area contributed by atoms with Crippen LogP contribution >= 0.6 is 0 Å². The van der Waals surface area contributed by atoms with Gasteiger partial charge in [0.2, 0.25) is 5.82 Å². The SMILES string of the molecule is C[C@@H]1[C@H](c2ccccc2)OC(=O)N1C1CCN(C(=O)c2ccc(-c3nn[nH]n3)cc2)CC1. The van der Waals surface area contributed by atoms with Crippen LogP contribution < -0.4 is 0 Å². The van der Waals surface area contributed by atoms with Crippen molar-refractivity contribution in [1.82, 2.24) is 30.4 Å². The van der Waals surface area contributed by atoms with Gasteiger partial charge >= 0.3 is 6.09 Å². The van der Waals surface area contributed by atoms with Crippen molar-refractivity contribution in [1.29, 1.82) is 0 Å². The van der Waals surface area contributed by atoms with Crippen molar-refractivity contribution >= 4 is 12.0 Å². The highest BCUT2D eigenvalue weighted by molar-refractivity contribution is 5.94. The van der Waals surface area contributed by atoms with Gasteiger partial charge in [-0.15, -0.1) is 10.2 Å². The van der Waals surface area contributed by atoms with Crippen molar-refractivity contribution in [2.75, 3.05) is 13.1 Å². The zero-order chi connectivity index (χ0) is 22.1. The topological polar surface area (TPSA) is 104 Å². The van der Waals surface area contributed by atoms with E-state index in [2.05, 4.69) is 20.6 Å². The third kappa shape index (κ3) is 3.70. The van der Waals surface area contributed by atoms with Gasteiger partial charge in [0.15, 0.2) is 0 Å². The molecule has 9 nitrogen and oxygen atoms in total. The number of H-pyrrole nitrogens is 1. The van der Waals surface area contributed by atoms with Crippen LogP contribution in [0.15, 0.2) is 54.6 Å². The minimum absolute atomic E-state index is 0.0117. The van der Waals surface area contributed by atoms with Crippen LogP contribution in [0.4, 0.5) is 4.79 Å². The molecule has 0 bridgehead atoms. The van der Waals surface area contributed by atoms with Gasteiger partial charge in [-0.2, -0.15) is 5.21 Å². The second-order valence-electron chi connectivity index (χ2n) is 8.20. The van der Waals surface area contributed by atoms with Crippen LogP contribution in [0.1, 0.15) is 41.8 Å². The van der Waals surface area contributed by atoms with E-state index in [0.29, 0.717) is 24.5 Å². The van der Waals surface area contributed by atoms with Crippen molar-refractivity contribution in [2.45, 2.75) is 38.0 Å². The van der Waals surface area contributed by atoms with Crippen LogP contribution in [0.25, 0.3) is 11.4 Å². The van der Waals surface area contributed by atoms with E-state index in [9.17, 15) is 9.59 Å². The normalized spacial score (nSPS) is 21.6. The number of hydrogen-bond acceptors (Lipinski definition) is 6. The number of carbonyl (C=O) groups is 2. The molecule has 1 aromatic heterocycles. The van der Waals surface area contributed by atoms with E-state index in [4.69, 9.17) is 4.74 Å². The fraction of sp³-hybridized carbons (Fsp3) is 0.348. The minimum atomic E-state index is -0.270. The lowest BCUT2D eigenvalue weighted by Crippen LogP contribution is -2.49. The van der Waals surface area contributed by atoms with Gasteiger partial charge in [0.25, 0.3) is 5.91 Å². The molecule has 2 amide bonds. The molecule has 32 heavy (non-hydrogen) atoms. The van der Waals surface area contributed by atoms with E-state index in [-0.39, 0.29) is 30.2 Å². The molecule has 5 rings (SSSR count). The minimum Gasteiger partial charge on any atom is -0.439 e. The van der Waals surface area contributed by atoms with Crippen LogP contribution in [0.3, 0.4) is 0 Å². The summed E-state index contributed by atoms with van der Waals surface area (Å²) < 4.78 is 5.70. The molecule has 3 heterocycles. The molecule has 0 saturated carbocycles. The molecule has 0 radical (unpaired) electrons. The highest BCUT2D eigenvalue weighted by Crippen LogP contribution is 2.35. The Kier molecular flexibility index (Phi) is 5.30. The zero-order valence-corrected chi connectivity index (χ0v) is 17.7. The Morgan fingerprint density at radius 1 is 1.06 bits per heavy atom. The third-order valence-corrected chi connectivity index (χ3v) is 6.32. The number of nitrogens with one attached hydrogen (secondary N) is 1. The maximum absolute atomic E-state index is 13.0. The Morgan fingerprint density at radius 3 is 2.44 bits per heavy atom. The molecule has 2 atom stereocenters. The van der Waals surface area contributed by atoms with Gasteiger partial charge in [0.1, 0.15) is 6.10 Å². The first kappa shape index (κ1) is 20.2. The fourth-order valence-corrected chi connectivity index (χ4v) is 4.63. The summed E-state index contributed by atoms with van der Waals surface area (Å²) in [5.41, 5.74) is 2.42. The maximum Gasteiger partial charge on any atom is 0.411 e. The number of cyclic esters (lactones) is 1. The predicted octanol–water partition coefficient (Wildman–Crippen LogP) is 3.05. The summed E-state index contributed by atoms with van der Waals surface area (Å²) >= 11 is 0. The molecule has 0 aliphatic carbocycles. The molecular weight excluding hydrogens is 408 g/mol. The Balaban J connectivity index is 1.21. The number of likely N-dealkylation sites (tertiary alicyclic amines) is 1. The number of rotatable bonds is 4. The summed E-state index contributed by atoms with van der Waals surface area (Å²) in [4.78, 5) is 29.3. The Bertz CT molecular complexity index is 1080. The summed E-state index contributed by atoms with van der Waals surface area (Å²) in [5.74, 6) is 0.479. The first-order valence-corrected chi connectivity index (χ1v) is 10.8. The Morgan fingerprint density at radius 2 is 1.78 bits per heavy atom. The van der Waals surface area contributed by atoms with Crippen LogP contribution in [-0.2, 0) is 4.74 Å². The number of ether oxygens (including phenoxy) is 1. The van der Waals surface area contributed by atoms with Gasteiger partial charge in [-0.25, -0.2) is 4.79 Å². The number of nitrogens with zero attached hydrogens (tertiary/aromatic N) is 5. The van der Waals surface area contributed by atoms with E-state index in [1.165, 1.54) is 0 Å². The molecular formula is C23H24N6O3. The molecule has 2 aliphatic rings. The average Bonchev–Trinajstić information content (AvgIpc) is 3.48. The Labute approximate surface area is 185 Å². The third-order valence-electron chi connectivity index (χ3n) is 6.32. The van der Waals surface area contributed by atoms with Gasteiger partial charge in [-0.05, 0) is 42.7 Å². The van der Waals surface area contributed by atoms with Crippen molar-refractivity contribution < 1.29 is 14.3 Å². The fourth-order valence-electron chi connectivity index (χ4n) is 4.63. The molecule has 0 spiro atoms. The number of amides is 2. The van der Waals surface area contributed by atoms with E-state index in [1.807, 2.05) is 59.2 Å². The van der Waals surface area contributed by atoms with Gasteiger partial charge < -0.3 is 9.64 Å². The van der Waals surface area contributed by atoms with Gasteiger partial charge in [-0.3, -0.25) is 9.69 Å². The van der Waals surface area contributed by atoms with Crippen LogP contribution in [0.2, 0.25) is 0 Å². The van der Waals surface area contributed by atoms with E-state index >= 15 is 0 Å². The molecule has 2 aromatic carbocycles. The van der Waals surface area contributed by atoms with Crippen LogP contribution in [0, 0.1) is 0 Å². The second-order valence-corrected chi connectivity index (χ2v) is 8.20. The number of carbonyl (C=O) groups excluding carboxylic acids is 2. The summed E-state index contributed by atoms with van der Waals surface area (Å²) in [6, 6.07) is 17.1.